The van der Waals surface area contributed by atoms with Gasteiger partial charge in [-0.05, 0) is 36.6 Å². The molecule has 0 aliphatic rings. The number of aromatic amines is 1. The van der Waals surface area contributed by atoms with Gasteiger partial charge in [0.05, 0.1) is 26.9 Å². The van der Waals surface area contributed by atoms with Gasteiger partial charge in [0, 0.05) is 23.5 Å². The van der Waals surface area contributed by atoms with Crippen LogP contribution in [0, 0.1) is 0 Å². The van der Waals surface area contributed by atoms with E-state index in [1.165, 1.54) is 15.8 Å². The minimum absolute atomic E-state index is 0.0950. The Balaban J connectivity index is 1.46. The molecule has 5 heteroatoms. The molecule has 0 saturated carbocycles. The maximum atomic E-state index is 12.2. The molecule has 1 amide bonds. The molecule has 3 aromatic rings. The highest BCUT2D eigenvalue weighted by Gasteiger charge is 2.21. The maximum Gasteiger partial charge on any atom is 0.220 e. The van der Waals surface area contributed by atoms with Crippen LogP contribution in [0.5, 0.6) is 0 Å². The molecule has 1 aromatic carbocycles. The van der Waals surface area contributed by atoms with Gasteiger partial charge in [-0.15, -0.1) is 0 Å². The summed E-state index contributed by atoms with van der Waals surface area (Å²) in [7, 11) is 4.13. The van der Waals surface area contributed by atoms with Crippen LogP contribution in [0.3, 0.4) is 0 Å². The second kappa shape index (κ2) is 8.03. The summed E-state index contributed by atoms with van der Waals surface area (Å²) in [5.41, 5.74) is 2.42. The second-order valence-corrected chi connectivity index (χ2v) is 6.66. The Bertz CT molecular complexity index is 805. The molecule has 0 unspecified atom stereocenters. The van der Waals surface area contributed by atoms with E-state index in [0.29, 0.717) is 13.0 Å². The molecule has 0 saturated heterocycles. The lowest BCUT2D eigenvalue weighted by Crippen LogP contribution is -3.07. The Morgan fingerprint density at radius 3 is 2.84 bits per heavy atom. The average molecular weight is 340 g/mol. The number of benzene rings is 1. The number of likely N-dealkylation sites (N-methyl/N-ethyl adjacent to an activating group) is 1. The zero-order chi connectivity index (χ0) is 17.6. The fourth-order valence-electron chi connectivity index (χ4n) is 3.16. The van der Waals surface area contributed by atoms with Crippen molar-refractivity contribution in [2.24, 2.45) is 0 Å². The topological polar surface area (TPSA) is 62.5 Å². The summed E-state index contributed by atoms with van der Waals surface area (Å²) in [5, 5.41) is 4.29. The SMILES string of the molecule is C[NH+](C)[C@H](CNC(=O)CCCc1c[nH]c2ccccc12)c1ccco1. The van der Waals surface area contributed by atoms with Gasteiger partial charge in [0.1, 0.15) is 0 Å². The van der Waals surface area contributed by atoms with Gasteiger partial charge in [-0.2, -0.15) is 0 Å². The van der Waals surface area contributed by atoms with Crippen LogP contribution in [-0.4, -0.2) is 31.5 Å². The van der Waals surface area contributed by atoms with Crippen molar-refractivity contribution < 1.29 is 14.1 Å². The summed E-state index contributed by atoms with van der Waals surface area (Å²) in [5.74, 6) is 0.997. The number of para-hydroxylation sites is 1. The quantitative estimate of drug-likeness (QED) is 0.588. The van der Waals surface area contributed by atoms with E-state index in [1.54, 1.807) is 6.26 Å². The van der Waals surface area contributed by atoms with Crippen LogP contribution in [-0.2, 0) is 11.2 Å². The number of aromatic nitrogens is 1. The van der Waals surface area contributed by atoms with Crippen molar-refractivity contribution in [2.75, 3.05) is 20.6 Å². The number of carbonyl (C=O) groups is 1. The Hall–Kier alpha value is -2.53. The minimum Gasteiger partial charge on any atom is -0.463 e. The molecule has 2 heterocycles. The van der Waals surface area contributed by atoms with Crippen LogP contribution < -0.4 is 10.2 Å². The largest absolute Gasteiger partial charge is 0.463 e. The van der Waals surface area contributed by atoms with Gasteiger partial charge in [-0.1, -0.05) is 18.2 Å². The van der Waals surface area contributed by atoms with Crippen LogP contribution in [0.25, 0.3) is 10.9 Å². The first-order valence-corrected chi connectivity index (χ1v) is 8.80. The number of nitrogens with one attached hydrogen (secondary N) is 3. The lowest BCUT2D eigenvalue weighted by atomic mass is 10.1. The van der Waals surface area contributed by atoms with Crippen LogP contribution >= 0.6 is 0 Å². The predicted octanol–water partition coefficient (Wildman–Crippen LogP) is 2.09. The molecule has 0 radical (unpaired) electrons. The van der Waals surface area contributed by atoms with E-state index in [9.17, 15) is 4.79 Å². The number of fused-ring (bicyclic) bond motifs is 1. The number of amides is 1. The number of hydrogen-bond donors (Lipinski definition) is 3. The van der Waals surface area contributed by atoms with E-state index in [4.69, 9.17) is 4.42 Å². The molecule has 0 bridgehead atoms. The third-order valence-electron chi connectivity index (χ3n) is 4.61. The molecule has 3 N–H and O–H groups in total. The van der Waals surface area contributed by atoms with Gasteiger partial charge in [-0.25, -0.2) is 0 Å². The van der Waals surface area contributed by atoms with Crippen molar-refractivity contribution in [1.29, 1.82) is 0 Å². The van der Waals surface area contributed by atoms with E-state index >= 15 is 0 Å². The molecule has 5 nitrogen and oxygen atoms in total. The molecule has 132 valence electrons. The molecule has 0 aliphatic carbocycles. The summed E-state index contributed by atoms with van der Waals surface area (Å²) in [6.45, 7) is 0.585. The minimum atomic E-state index is 0.0950. The Kier molecular flexibility index (Phi) is 5.56. The molecule has 3 rings (SSSR count). The van der Waals surface area contributed by atoms with E-state index in [0.717, 1.165) is 24.1 Å². The number of aryl methyl sites for hydroxylation is 1. The summed E-state index contributed by atoms with van der Waals surface area (Å²) in [4.78, 5) is 16.7. The molecule has 0 spiro atoms. The fraction of sp³-hybridized carbons (Fsp3) is 0.350. The molecule has 1 atom stereocenters. The standard InChI is InChI=1S/C20H25N3O2/c1-23(2)18(19-10-6-12-25-19)14-22-20(24)11-5-7-15-13-21-17-9-4-3-8-16(15)17/h3-4,6,8-10,12-13,18,21H,5,7,11,14H2,1-2H3,(H,22,24)/p+1/t18-/m1/s1. The number of hydrogen-bond acceptors (Lipinski definition) is 2. The number of quaternary nitrogens is 1. The molecular formula is C20H26N3O2+. The predicted molar refractivity (Wildman–Crippen MR) is 98.5 cm³/mol. The maximum absolute atomic E-state index is 12.2. The monoisotopic (exact) mass is 340 g/mol. The summed E-state index contributed by atoms with van der Waals surface area (Å²) in [6.07, 6.45) is 6.00. The van der Waals surface area contributed by atoms with Crippen molar-refractivity contribution in [3.8, 4) is 0 Å². The second-order valence-electron chi connectivity index (χ2n) is 6.66. The first kappa shape index (κ1) is 17.3. The number of H-pyrrole nitrogens is 1. The highest BCUT2D eigenvalue weighted by molar-refractivity contribution is 5.83. The van der Waals surface area contributed by atoms with Gasteiger partial charge < -0.3 is 19.6 Å². The van der Waals surface area contributed by atoms with Gasteiger partial charge in [-0.3, -0.25) is 4.79 Å². The smallest absolute Gasteiger partial charge is 0.220 e. The van der Waals surface area contributed by atoms with Crippen molar-refractivity contribution in [2.45, 2.75) is 25.3 Å². The van der Waals surface area contributed by atoms with E-state index < -0.39 is 0 Å². The van der Waals surface area contributed by atoms with Crippen LogP contribution in [0.1, 0.15) is 30.2 Å². The van der Waals surface area contributed by atoms with Gasteiger partial charge in [0.25, 0.3) is 0 Å². The first-order chi connectivity index (χ1) is 12.1. The summed E-state index contributed by atoms with van der Waals surface area (Å²) in [6, 6.07) is 12.2. The molecule has 0 fully saturated rings. The van der Waals surface area contributed by atoms with Crippen molar-refractivity contribution in [3.05, 3.63) is 60.2 Å². The average Bonchev–Trinajstić information content (AvgIpc) is 3.25. The number of furan rings is 1. The lowest BCUT2D eigenvalue weighted by Gasteiger charge is -2.19. The lowest BCUT2D eigenvalue weighted by molar-refractivity contribution is -0.891. The van der Waals surface area contributed by atoms with Crippen molar-refractivity contribution in [1.82, 2.24) is 10.3 Å². The molecule has 2 aromatic heterocycles. The van der Waals surface area contributed by atoms with E-state index in [1.807, 2.05) is 30.5 Å². The first-order valence-electron chi connectivity index (χ1n) is 8.80. The van der Waals surface area contributed by atoms with Gasteiger partial charge in [0.15, 0.2) is 11.8 Å². The normalized spacial score (nSPS) is 12.6. The van der Waals surface area contributed by atoms with E-state index in [-0.39, 0.29) is 11.9 Å². The molecular weight excluding hydrogens is 314 g/mol. The highest BCUT2D eigenvalue weighted by Crippen LogP contribution is 2.19. The zero-order valence-electron chi connectivity index (χ0n) is 14.8. The summed E-state index contributed by atoms with van der Waals surface area (Å²) < 4.78 is 5.48. The Morgan fingerprint density at radius 1 is 1.24 bits per heavy atom. The Morgan fingerprint density at radius 2 is 2.08 bits per heavy atom. The number of rotatable bonds is 8. The molecule has 0 aliphatic heterocycles. The zero-order valence-corrected chi connectivity index (χ0v) is 14.8. The van der Waals surface area contributed by atoms with Crippen molar-refractivity contribution in [3.63, 3.8) is 0 Å². The van der Waals surface area contributed by atoms with Gasteiger partial charge >= 0.3 is 0 Å². The fourth-order valence-corrected chi connectivity index (χ4v) is 3.16. The third-order valence-corrected chi connectivity index (χ3v) is 4.61. The highest BCUT2D eigenvalue weighted by atomic mass is 16.3. The van der Waals surface area contributed by atoms with Gasteiger partial charge in [0.2, 0.25) is 5.91 Å². The Labute approximate surface area is 148 Å². The van der Waals surface area contributed by atoms with E-state index in [2.05, 4.69) is 36.5 Å². The van der Waals surface area contributed by atoms with Crippen LogP contribution in [0.2, 0.25) is 0 Å². The number of carbonyl (C=O) groups excluding carboxylic acids is 1. The van der Waals surface area contributed by atoms with Crippen molar-refractivity contribution >= 4 is 16.8 Å². The van der Waals surface area contributed by atoms with Crippen LogP contribution in [0.15, 0.2) is 53.3 Å². The molecule has 25 heavy (non-hydrogen) atoms. The van der Waals surface area contributed by atoms with Crippen LogP contribution in [0.4, 0.5) is 0 Å². The third kappa shape index (κ3) is 4.31. The summed E-state index contributed by atoms with van der Waals surface area (Å²) >= 11 is 0.